The van der Waals surface area contributed by atoms with Crippen molar-refractivity contribution in [3.8, 4) is 28.4 Å². The van der Waals surface area contributed by atoms with Crippen LogP contribution < -0.4 is 4.74 Å². The van der Waals surface area contributed by atoms with E-state index in [0.717, 1.165) is 48.2 Å². The van der Waals surface area contributed by atoms with Gasteiger partial charge in [-0.15, -0.1) is 0 Å². The Balaban J connectivity index is 1.83. The number of halogens is 1. The van der Waals surface area contributed by atoms with Gasteiger partial charge in [0.25, 0.3) is 0 Å². The minimum Gasteiger partial charge on any atom is -0.481 e. The van der Waals surface area contributed by atoms with E-state index in [9.17, 15) is 9.50 Å². The second-order valence-corrected chi connectivity index (χ2v) is 6.91. The van der Waals surface area contributed by atoms with Crippen molar-refractivity contribution in [2.45, 2.75) is 37.8 Å². The molecule has 2 heterocycles. The third kappa shape index (κ3) is 3.57. The summed E-state index contributed by atoms with van der Waals surface area (Å²) < 4.78 is 20.9. The Bertz CT molecular complexity index is 915. The number of aromatic nitrogens is 3. The van der Waals surface area contributed by atoms with Crippen LogP contribution in [0.5, 0.6) is 5.88 Å². The molecule has 1 saturated carbocycles. The molecule has 0 bridgehead atoms. The van der Waals surface area contributed by atoms with Crippen LogP contribution in [0.4, 0.5) is 4.39 Å². The topological polar surface area (TPSA) is 60.2 Å². The van der Waals surface area contributed by atoms with Crippen LogP contribution in [-0.2, 0) is 0 Å². The lowest BCUT2D eigenvalue weighted by Gasteiger charge is -2.28. The first kappa shape index (κ1) is 17.7. The van der Waals surface area contributed by atoms with Crippen LogP contribution >= 0.6 is 0 Å². The Morgan fingerprint density at radius 1 is 1.04 bits per heavy atom. The molecular weight excluding hydrogens is 345 g/mol. The molecule has 0 radical (unpaired) electrons. The fourth-order valence-electron chi connectivity index (χ4n) is 3.75. The summed E-state index contributed by atoms with van der Waals surface area (Å²) in [5.74, 6) is 0.260. The monoisotopic (exact) mass is 367 g/mol. The normalized spacial score (nSPS) is 19.8. The third-order valence-corrected chi connectivity index (χ3v) is 5.19. The molecule has 3 aromatic rings. The van der Waals surface area contributed by atoms with Crippen molar-refractivity contribution in [2.24, 2.45) is 0 Å². The van der Waals surface area contributed by atoms with Crippen molar-refractivity contribution in [1.29, 1.82) is 0 Å². The number of benzene rings is 1. The number of aliphatic hydroxyl groups is 1. The molecular formula is C21H22FN3O2. The summed E-state index contributed by atoms with van der Waals surface area (Å²) in [6.45, 7) is 0. The van der Waals surface area contributed by atoms with Crippen molar-refractivity contribution in [2.75, 3.05) is 7.11 Å². The molecule has 0 unspecified atom stereocenters. The number of ether oxygens (including phenoxy) is 1. The zero-order chi connectivity index (χ0) is 18.8. The first-order valence-corrected chi connectivity index (χ1v) is 9.17. The predicted molar refractivity (Wildman–Crippen MR) is 101 cm³/mol. The first-order chi connectivity index (χ1) is 13.2. The summed E-state index contributed by atoms with van der Waals surface area (Å²) >= 11 is 0. The van der Waals surface area contributed by atoms with Gasteiger partial charge in [0.05, 0.1) is 30.9 Å². The summed E-state index contributed by atoms with van der Waals surface area (Å²) in [7, 11) is 1.59. The maximum absolute atomic E-state index is 13.4. The van der Waals surface area contributed by atoms with Gasteiger partial charge >= 0.3 is 0 Å². The van der Waals surface area contributed by atoms with Gasteiger partial charge in [-0.1, -0.05) is 0 Å². The fourth-order valence-corrected chi connectivity index (χ4v) is 3.75. The van der Waals surface area contributed by atoms with Gasteiger partial charge < -0.3 is 14.4 Å². The van der Waals surface area contributed by atoms with Gasteiger partial charge in [-0.3, -0.25) is 0 Å². The molecule has 6 heteroatoms. The predicted octanol–water partition coefficient (Wildman–Crippen LogP) is 4.24. The Labute approximate surface area is 157 Å². The molecule has 0 saturated heterocycles. The third-order valence-electron chi connectivity index (χ3n) is 5.19. The van der Waals surface area contributed by atoms with Gasteiger partial charge in [0.15, 0.2) is 0 Å². The van der Waals surface area contributed by atoms with E-state index in [4.69, 9.17) is 4.74 Å². The molecule has 1 aliphatic rings. The molecule has 0 aliphatic heterocycles. The zero-order valence-electron chi connectivity index (χ0n) is 15.2. The van der Waals surface area contributed by atoms with Crippen LogP contribution in [0.1, 0.15) is 31.7 Å². The van der Waals surface area contributed by atoms with E-state index < -0.39 is 0 Å². The van der Waals surface area contributed by atoms with Gasteiger partial charge in [0, 0.05) is 29.4 Å². The van der Waals surface area contributed by atoms with Crippen molar-refractivity contribution in [3.63, 3.8) is 0 Å². The number of methoxy groups -OCH3 is 1. The molecule has 0 atom stereocenters. The quantitative estimate of drug-likeness (QED) is 0.749. The first-order valence-electron chi connectivity index (χ1n) is 9.17. The molecule has 1 fully saturated rings. The number of rotatable bonds is 4. The van der Waals surface area contributed by atoms with Crippen LogP contribution in [0, 0.1) is 5.82 Å². The van der Waals surface area contributed by atoms with Gasteiger partial charge in [0.1, 0.15) is 5.82 Å². The SMILES string of the molecule is COc1cc(-c2c(-c3ccc(F)cc3)ncn2[C@H]2CC[C@H](O)CC2)ccn1. The van der Waals surface area contributed by atoms with E-state index in [0.29, 0.717) is 5.88 Å². The van der Waals surface area contributed by atoms with Crippen LogP contribution in [0.3, 0.4) is 0 Å². The van der Waals surface area contributed by atoms with Gasteiger partial charge in [-0.2, -0.15) is 0 Å². The molecule has 0 amide bonds. The Morgan fingerprint density at radius 2 is 1.78 bits per heavy atom. The Kier molecular flexibility index (Phi) is 4.90. The van der Waals surface area contributed by atoms with Crippen LogP contribution in [0.15, 0.2) is 48.9 Å². The highest BCUT2D eigenvalue weighted by molar-refractivity contribution is 5.79. The highest BCUT2D eigenvalue weighted by atomic mass is 19.1. The maximum Gasteiger partial charge on any atom is 0.213 e. The molecule has 140 valence electrons. The molecule has 0 spiro atoms. The lowest BCUT2D eigenvalue weighted by atomic mass is 9.92. The molecule has 1 aromatic carbocycles. The largest absolute Gasteiger partial charge is 0.481 e. The van der Waals surface area contributed by atoms with Gasteiger partial charge in [-0.05, 0) is 56.0 Å². The summed E-state index contributed by atoms with van der Waals surface area (Å²) in [4.78, 5) is 8.86. The zero-order valence-corrected chi connectivity index (χ0v) is 15.2. The van der Waals surface area contributed by atoms with Crippen molar-refractivity contribution in [3.05, 3.63) is 54.7 Å². The molecule has 2 aromatic heterocycles. The molecule has 1 aliphatic carbocycles. The van der Waals surface area contributed by atoms with E-state index in [1.54, 1.807) is 25.4 Å². The van der Waals surface area contributed by atoms with Gasteiger partial charge in [-0.25, -0.2) is 14.4 Å². The number of hydrogen-bond donors (Lipinski definition) is 1. The number of imidazole rings is 1. The van der Waals surface area contributed by atoms with Crippen molar-refractivity contribution in [1.82, 2.24) is 14.5 Å². The number of pyridine rings is 1. The minimum absolute atomic E-state index is 0.217. The van der Waals surface area contributed by atoms with Crippen molar-refractivity contribution < 1.29 is 14.2 Å². The Hall–Kier alpha value is -2.73. The minimum atomic E-state index is -0.272. The van der Waals surface area contributed by atoms with Crippen molar-refractivity contribution >= 4 is 0 Å². The lowest BCUT2D eigenvalue weighted by Crippen LogP contribution is -2.21. The summed E-state index contributed by atoms with van der Waals surface area (Å²) in [5, 5.41) is 9.85. The van der Waals surface area contributed by atoms with E-state index in [1.807, 2.05) is 18.5 Å². The number of hydrogen-bond acceptors (Lipinski definition) is 4. The number of aliphatic hydroxyl groups excluding tert-OH is 1. The smallest absolute Gasteiger partial charge is 0.213 e. The highest BCUT2D eigenvalue weighted by Crippen LogP contribution is 2.38. The molecule has 27 heavy (non-hydrogen) atoms. The second-order valence-electron chi connectivity index (χ2n) is 6.91. The average Bonchev–Trinajstić information content (AvgIpc) is 3.14. The standard InChI is InChI=1S/C21H22FN3O2/c1-27-19-12-15(10-11-23-19)21-20(14-2-4-16(22)5-3-14)24-13-25(21)17-6-8-18(26)9-7-17/h2-5,10-13,17-18,26H,6-9H2,1H3/t17-,18-. The molecule has 4 rings (SSSR count). The van der Waals surface area contributed by atoms with E-state index in [-0.39, 0.29) is 18.0 Å². The number of nitrogens with zero attached hydrogens (tertiary/aromatic N) is 3. The van der Waals surface area contributed by atoms with E-state index >= 15 is 0 Å². The summed E-state index contributed by atoms with van der Waals surface area (Å²) in [6, 6.07) is 10.5. The molecule has 5 nitrogen and oxygen atoms in total. The van der Waals surface area contributed by atoms with E-state index in [1.165, 1.54) is 12.1 Å². The second kappa shape index (κ2) is 7.48. The van der Waals surface area contributed by atoms with Crippen LogP contribution in [-0.4, -0.2) is 32.9 Å². The fraction of sp³-hybridized carbons (Fsp3) is 0.333. The average molecular weight is 367 g/mol. The summed E-state index contributed by atoms with van der Waals surface area (Å²) in [5.41, 5.74) is 3.57. The van der Waals surface area contributed by atoms with Gasteiger partial charge in [0.2, 0.25) is 5.88 Å². The van der Waals surface area contributed by atoms with Crippen LogP contribution in [0.25, 0.3) is 22.5 Å². The summed E-state index contributed by atoms with van der Waals surface area (Å²) in [6.07, 6.45) is 6.71. The lowest BCUT2D eigenvalue weighted by molar-refractivity contribution is 0.111. The highest BCUT2D eigenvalue weighted by Gasteiger charge is 2.25. The van der Waals surface area contributed by atoms with Crippen LogP contribution in [0.2, 0.25) is 0 Å². The van der Waals surface area contributed by atoms with E-state index in [2.05, 4.69) is 14.5 Å². The maximum atomic E-state index is 13.4. The molecule has 1 N–H and O–H groups in total. The Morgan fingerprint density at radius 3 is 2.48 bits per heavy atom.